The molecule has 0 aromatic carbocycles. The summed E-state index contributed by atoms with van der Waals surface area (Å²) in [6.07, 6.45) is 2.12. The van der Waals surface area contributed by atoms with Crippen LogP contribution in [0.1, 0.15) is 50.9 Å². The molecule has 0 atom stereocenters. The number of fused-ring (bicyclic) bond motifs is 1. The van der Waals surface area contributed by atoms with Crippen molar-refractivity contribution < 1.29 is 0 Å². The number of hydrogen-bond donors (Lipinski definition) is 1. The van der Waals surface area contributed by atoms with Crippen molar-refractivity contribution in [2.24, 2.45) is 0 Å². The fourth-order valence-electron chi connectivity index (χ4n) is 1.76. The van der Waals surface area contributed by atoms with Crippen LogP contribution in [0.15, 0.2) is 0 Å². The van der Waals surface area contributed by atoms with Gasteiger partial charge in [-0.1, -0.05) is 39.0 Å². The maximum atomic E-state index is 4.59. The molecule has 0 aliphatic heterocycles. The van der Waals surface area contributed by atoms with E-state index >= 15 is 0 Å². The minimum Gasteiger partial charge on any atom is -0.315 e. The van der Waals surface area contributed by atoms with Gasteiger partial charge in [0.1, 0.15) is 5.01 Å². The van der Waals surface area contributed by atoms with Crippen molar-refractivity contribution in [1.29, 1.82) is 0 Å². The molecule has 0 bridgehead atoms. The highest BCUT2D eigenvalue weighted by Crippen LogP contribution is 2.19. The number of nitrogens with zero attached hydrogens (tertiary/aromatic N) is 4. The zero-order valence-electron chi connectivity index (χ0n) is 11.5. The first kappa shape index (κ1) is 13.4. The summed E-state index contributed by atoms with van der Waals surface area (Å²) in [6, 6.07) is 0.551. The summed E-state index contributed by atoms with van der Waals surface area (Å²) >= 11 is 1.64. The molecule has 6 heteroatoms. The predicted octanol–water partition coefficient (Wildman–Crippen LogP) is 2.24. The summed E-state index contributed by atoms with van der Waals surface area (Å²) in [5, 5.41) is 17.5. The Kier molecular flexibility index (Phi) is 4.29. The van der Waals surface area contributed by atoms with Crippen LogP contribution < -0.4 is 5.32 Å². The van der Waals surface area contributed by atoms with Gasteiger partial charge in [0, 0.05) is 18.4 Å². The van der Waals surface area contributed by atoms with Gasteiger partial charge in [0.2, 0.25) is 4.96 Å². The molecule has 5 nitrogen and oxygen atoms in total. The van der Waals surface area contributed by atoms with E-state index in [9.17, 15) is 0 Å². The molecule has 0 spiro atoms. The third-order valence-electron chi connectivity index (χ3n) is 2.69. The average Bonchev–Trinajstić information content (AvgIpc) is 2.82. The highest BCUT2D eigenvalue weighted by Gasteiger charge is 2.13. The van der Waals surface area contributed by atoms with Gasteiger partial charge in [-0.3, -0.25) is 0 Å². The van der Waals surface area contributed by atoms with E-state index in [1.165, 1.54) is 0 Å². The van der Waals surface area contributed by atoms with Crippen LogP contribution in [0.5, 0.6) is 0 Å². The monoisotopic (exact) mass is 267 g/mol. The molecular weight excluding hydrogens is 246 g/mol. The van der Waals surface area contributed by atoms with E-state index in [4.69, 9.17) is 0 Å². The molecule has 0 unspecified atom stereocenters. The molecule has 2 rings (SSSR count). The number of nitrogens with one attached hydrogen (secondary N) is 1. The molecule has 18 heavy (non-hydrogen) atoms. The summed E-state index contributed by atoms with van der Waals surface area (Å²) in [5.74, 6) is 1.31. The van der Waals surface area contributed by atoms with E-state index in [1.54, 1.807) is 11.3 Å². The number of aryl methyl sites for hydroxylation is 1. The Hall–Kier alpha value is -1.01. The molecule has 0 saturated carbocycles. The SMILES string of the molecule is CC(C)NCCCc1nn2c(C(C)C)nnc2s1. The zero-order chi connectivity index (χ0) is 13.1. The summed E-state index contributed by atoms with van der Waals surface area (Å²) in [5.41, 5.74) is 0. The number of hydrogen-bond acceptors (Lipinski definition) is 5. The number of aromatic nitrogens is 4. The predicted molar refractivity (Wildman–Crippen MR) is 74.2 cm³/mol. The number of rotatable bonds is 6. The fraction of sp³-hybridized carbons (Fsp3) is 0.750. The lowest BCUT2D eigenvalue weighted by atomic mass is 10.2. The zero-order valence-corrected chi connectivity index (χ0v) is 12.3. The Balaban J connectivity index is 1.98. The van der Waals surface area contributed by atoms with Crippen LogP contribution in [0.4, 0.5) is 0 Å². The van der Waals surface area contributed by atoms with Crippen molar-refractivity contribution in [3.63, 3.8) is 0 Å². The Morgan fingerprint density at radius 3 is 2.67 bits per heavy atom. The highest BCUT2D eigenvalue weighted by molar-refractivity contribution is 7.16. The molecular formula is C12H21N5S. The van der Waals surface area contributed by atoms with Gasteiger partial charge in [-0.25, -0.2) is 0 Å². The standard InChI is InChI=1S/C12H21N5S/c1-8(2)11-14-15-12-17(11)16-10(18-12)6-5-7-13-9(3)4/h8-9,13H,5-7H2,1-4H3. The summed E-state index contributed by atoms with van der Waals surface area (Å²) in [6.45, 7) is 9.59. The summed E-state index contributed by atoms with van der Waals surface area (Å²) in [4.78, 5) is 0.908. The lowest BCUT2D eigenvalue weighted by Gasteiger charge is -2.05. The molecule has 0 saturated heterocycles. The minimum absolute atomic E-state index is 0.359. The Morgan fingerprint density at radius 2 is 2.00 bits per heavy atom. The van der Waals surface area contributed by atoms with Crippen LogP contribution in [-0.2, 0) is 6.42 Å². The van der Waals surface area contributed by atoms with Crippen LogP contribution >= 0.6 is 11.3 Å². The highest BCUT2D eigenvalue weighted by atomic mass is 32.1. The maximum Gasteiger partial charge on any atom is 0.234 e. The molecule has 2 aromatic rings. The van der Waals surface area contributed by atoms with Gasteiger partial charge in [0.25, 0.3) is 0 Å². The second-order valence-corrected chi connectivity index (χ2v) is 6.16. The van der Waals surface area contributed by atoms with Crippen LogP contribution in [0.25, 0.3) is 4.96 Å². The minimum atomic E-state index is 0.359. The van der Waals surface area contributed by atoms with Gasteiger partial charge in [-0.05, 0) is 13.0 Å². The average molecular weight is 267 g/mol. The third-order valence-corrected chi connectivity index (χ3v) is 3.65. The lowest BCUT2D eigenvalue weighted by Crippen LogP contribution is -2.23. The van der Waals surface area contributed by atoms with Crippen molar-refractivity contribution in [3.8, 4) is 0 Å². The Bertz CT molecular complexity index is 500. The van der Waals surface area contributed by atoms with Crippen molar-refractivity contribution in [3.05, 3.63) is 10.8 Å². The van der Waals surface area contributed by atoms with Crippen molar-refractivity contribution >= 4 is 16.3 Å². The molecule has 0 amide bonds. The van der Waals surface area contributed by atoms with E-state index < -0.39 is 0 Å². The largest absolute Gasteiger partial charge is 0.315 e. The molecule has 0 fully saturated rings. The van der Waals surface area contributed by atoms with E-state index in [2.05, 4.69) is 48.3 Å². The first-order chi connectivity index (χ1) is 8.58. The second kappa shape index (κ2) is 5.75. The van der Waals surface area contributed by atoms with Gasteiger partial charge in [0.15, 0.2) is 5.82 Å². The van der Waals surface area contributed by atoms with E-state index in [0.29, 0.717) is 12.0 Å². The lowest BCUT2D eigenvalue weighted by molar-refractivity contribution is 0.568. The fourth-order valence-corrected chi connectivity index (χ4v) is 2.65. The van der Waals surface area contributed by atoms with Crippen LogP contribution in [0.2, 0.25) is 0 Å². The molecule has 100 valence electrons. The molecule has 0 radical (unpaired) electrons. The third kappa shape index (κ3) is 3.05. The van der Waals surface area contributed by atoms with Crippen molar-refractivity contribution in [2.75, 3.05) is 6.54 Å². The van der Waals surface area contributed by atoms with Crippen molar-refractivity contribution in [1.82, 2.24) is 25.1 Å². The van der Waals surface area contributed by atoms with Crippen LogP contribution in [0.3, 0.4) is 0 Å². The Labute approximate surface area is 112 Å². The van der Waals surface area contributed by atoms with Gasteiger partial charge in [-0.15, -0.1) is 10.2 Å². The smallest absolute Gasteiger partial charge is 0.234 e. The van der Waals surface area contributed by atoms with E-state index in [1.807, 2.05) is 4.52 Å². The van der Waals surface area contributed by atoms with Crippen LogP contribution in [0, 0.1) is 0 Å². The first-order valence-electron chi connectivity index (χ1n) is 6.52. The normalized spacial score (nSPS) is 12.1. The van der Waals surface area contributed by atoms with Crippen molar-refractivity contribution in [2.45, 2.75) is 52.5 Å². The quantitative estimate of drug-likeness (QED) is 0.816. The van der Waals surface area contributed by atoms with Gasteiger partial charge >= 0.3 is 0 Å². The first-order valence-corrected chi connectivity index (χ1v) is 7.34. The van der Waals surface area contributed by atoms with E-state index in [-0.39, 0.29) is 0 Å². The van der Waals surface area contributed by atoms with E-state index in [0.717, 1.165) is 35.2 Å². The Morgan fingerprint density at radius 1 is 1.22 bits per heavy atom. The molecule has 1 N–H and O–H groups in total. The molecule has 2 aromatic heterocycles. The summed E-state index contributed by atoms with van der Waals surface area (Å²) in [7, 11) is 0. The molecule has 0 aliphatic rings. The second-order valence-electron chi connectivity index (χ2n) is 5.12. The van der Waals surface area contributed by atoms with Crippen LogP contribution in [-0.4, -0.2) is 32.4 Å². The van der Waals surface area contributed by atoms with Gasteiger partial charge in [0.05, 0.1) is 0 Å². The van der Waals surface area contributed by atoms with Gasteiger partial charge in [-0.2, -0.15) is 9.61 Å². The molecule has 0 aliphatic carbocycles. The molecule has 2 heterocycles. The summed E-state index contributed by atoms with van der Waals surface area (Å²) < 4.78 is 1.89. The maximum absolute atomic E-state index is 4.59. The topological polar surface area (TPSA) is 55.1 Å². The van der Waals surface area contributed by atoms with Gasteiger partial charge < -0.3 is 5.32 Å².